The van der Waals surface area contributed by atoms with Crippen LogP contribution in [-0.2, 0) is 22.7 Å². The summed E-state index contributed by atoms with van der Waals surface area (Å²) in [5.41, 5.74) is 1.74. The van der Waals surface area contributed by atoms with Crippen LogP contribution in [0.4, 0.5) is 4.39 Å². The number of hydrogen-bond acceptors (Lipinski definition) is 6. The number of carbonyl (C=O) groups excluding carboxylic acids is 1. The molecule has 2 heterocycles. The Kier molecular flexibility index (Phi) is 5.63. The topological polar surface area (TPSA) is 77.7 Å². The van der Waals surface area contributed by atoms with Crippen LogP contribution in [0.5, 0.6) is 5.75 Å². The summed E-state index contributed by atoms with van der Waals surface area (Å²) in [5, 5.41) is 8.65. The number of nitrogens with zero attached hydrogens (tertiary/aromatic N) is 3. The number of amides is 1. The van der Waals surface area contributed by atoms with Crippen LogP contribution in [0.1, 0.15) is 29.9 Å². The summed E-state index contributed by atoms with van der Waals surface area (Å²) in [6, 6.07) is 9.99. The third-order valence-electron chi connectivity index (χ3n) is 5.26. The van der Waals surface area contributed by atoms with Gasteiger partial charge < -0.3 is 18.8 Å². The maximum Gasteiger partial charge on any atom is 0.249 e. The zero-order chi connectivity index (χ0) is 22.1. The Balaban J connectivity index is 1.34. The molecule has 1 amide bonds. The number of fused-ring (bicyclic) bond motifs is 1. The summed E-state index contributed by atoms with van der Waals surface area (Å²) < 4.78 is 30.4. The fraction of sp³-hybridized carbons (Fsp3) is 0.261. The van der Waals surface area contributed by atoms with E-state index in [2.05, 4.69) is 10.2 Å². The van der Waals surface area contributed by atoms with E-state index in [0.29, 0.717) is 39.2 Å². The van der Waals surface area contributed by atoms with Crippen LogP contribution in [-0.4, -0.2) is 33.8 Å². The van der Waals surface area contributed by atoms with E-state index >= 15 is 0 Å². The third-order valence-corrected chi connectivity index (χ3v) is 5.59. The first-order valence-electron chi connectivity index (χ1n) is 10.2. The van der Waals surface area contributed by atoms with Crippen molar-refractivity contribution in [3.63, 3.8) is 0 Å². The second-order valence-corrected chi connectivity index (χ2v) is 8.01. The molecule has 164 valence electrons. The van der Waals surface area contributed by atoms with Gasteiger partial charge in [0.15, 0.2) is 6.79 Å². The lowest BCUT2D eigenvalue weighted by atomic mass is 10.1. The molecule has 9 heteroatoms. The summed E-state index contributed by atoms with van der Waals surface area (Å²) >= 11 is 6.20. The normalized spacial score (nSPS) is 15.4. The Hall–Kier alpha value is -3.23. The molecule has 7 nitrogen and oxygen atoms in total. The van der Waals surface area contributed by atoms with E-state index in [4.69, 9.17) is 25.5 Å². The van der Waals surface area contributed by atoms with Gasteiger partial charge in [-0.2, -0.15) is 0 Å². The van der Waals surface area contributed by atoms with Crippen molar-refractivity contribution in [2.45, 2.75) is 32.0 Å². The molecule has 0 bridgehead atoms. The molecule has 1 fully saturated rings. The van der Waals surface area contributed by atoms with Gasteiger partial charge in [-0.25, -0.2) is 4.39 Å². The first-order valence-corrected chi connectivity index (χ1v) is 10.6. The molecule has 32 heavy (non-hydrogen) atoms. The third kappa shape index (κ3) is 4.37. The van der Waals surface area contributed by atoms with E-state index in [1.54, 1.807) is 23.1 Å². The summed E-state index contributed by atoms with van der Waals surface area (Å²) in [5.74, 6) is 0.505. The van der Waals surface area contributed by atoms with Gasteiger partial charge in [0.2, 0.25) is 17.7 Å². The molecule has 0 atom stereocenters. The summed E-state index contributed by atoms with van der Waals surface area (Å²) in [4.78, 5) is 14.6. The molecule has 5 rings (SSSR count). The highest BCUT2D eigenvalue weighted by molar-refractivity contribution is 6.33. The monoisotopic (exact) mass is 455 g/mol. The molecule has 1 aliphatic heterocycles. The minimum Gasteiger partial charge on any atom is -0.467 e. The van der Waals surface area contributed by atoms with E-state index in [-0.39, 0.29) is 31.9 Å². The van der Waals surface area contributed by atoms with Crippen molar-refractivity contribution in [2.75, 3.05) is 6.79 Å². The Labute approximate surface area is 188 Å². The molecule has 0 N–H and O–H groups in total. The smallest absolute Gasteiger partial charge is 0.249 e. The molecular formula is C23H19ClFN3O4. The number of carbonyl (C=O) groups is 1. The van der Waals surface area contributed by atoms with Crippen LogP contribution in [0.2, 0.25) is 5.02 Å². The molecular weight excluding hydrogens is 437 g/mol. The van der Waals surface area contributed by atoms with Gasteiger partial charge in [-0.1, -0.05) is 23.7 Å². The van der Waals surface area contributed by atoms with Gasteiger partial charge in [0.1, 0.15) is 11.6 Å². The zero-order valence-electron chi connectivity index (χ0n) is 17.0. The Morgan fingerprint density at radius 3 is 2.91 bits per heavy atom. The molecule has 1 aliphatic carbocycles. The van der Waals surface area contributed by atoms with E-state index in [1.807, 2.05) is 12.1 Å². The van der Waals surface area contributed by atoms with Crippen molar-refractivity contribution in [3.8, 4) is 17.2 Å². The van der Waals surface area contributed by atoms with Crippen LogP contribution in [0.3, 0.4) is 0 Å². The average Bonchev–Trinajstić information content (AvgIpc) is 3.53. The van der Waals surface area contributed by atoms with Crippen molar-refractivity contribution in [1.82, 2.24) is 15.1 Å². The van der Waals surface area contributed by atoms with Gasteiger partial charge in [-0.05, 0) is 43.2 Å². The number of benzene rings is 2. The lowest BCUT2D eigenvalue weighted by Gasteiger charge is -2.20. The lowest BCUT2D eigenvalue weighted by molar-refractivity contribution is -0.127. The van der Waals surface area contributed by atoms with Crippen LogP contribution in [0.15, 0.2) is 46.9 Å². The standard InChI is InChI=1S/C23H19ClFN3O4/c24-19-4-2-1-3-18(19)23-27-26-20(32-23)11-28(17-6-7-17)21(29)8-5-14-9-16(25)10-15-12-30-13-31-22(14)15/h1-5,8-10,17H,6-7,11-13H2/b8-5+. The maximum atomic E-state index is 14.0. The van der Waals surface area contributed by atoms with E-state index in [1.165, 1.54) is 18.2 Å². The minimum absolute atomic E-state index is 0.0898. The number of hydrogen-bond donors (Lipinski definition) is 0. The molecule has 2 aromatic carbocycles. The fourth-order valence-electron chi connectivity index (χ4n) is 3.57. The van der Waals surface area contributed by atoms with Crippen molar-refractivity contribution in [2.24, 2.45) is 0 Å². The second-order valence-electron chi connectivity index (χ2n) is 7.61. The molecule has 0 spiro atoms. The van der Waals surface area contributed by atoms with Gasteiger partial charge in [0.05, 0.1) is 23.7 Å². The van der Waals surface area contributed by atoms with Gasteiger partial charge >= 0.3 is 0 Å². The largest absolute Gasteiger partial charge is 0.467 e. The number of halogens is 2. The number of rotatable bonds is 6. The van der Waals surface area contributed by atoms with Crippen molar-refractivity contribution in [3.05, 3.63) is 70.3 Å². The van der Waals surface area contributed by atoms with E-state index in [9.17, 15) is 9.18 Å². The Bertz CT molecular complexity index is 1190. The van der Waals surface area contributed by atoms with Gasteiger partial charge in [0.25, 0.3) is 0 Å². The number of aromatic nitrogens is 2. The summed E-state index contributed by atoms with van der Waals surface area (Å²) in [6.07, 6.45) is 4.78. The Morgan fingerprint density at radius 1 is 1.25 bits per heavy atom. The zero-order valence-corrected chi connectivity index (χ0v) is 17.7. The second kappa shape index (κ2) is 8.72. The van der Waals surface area contributed by atoms with Crippen LogP contribution >= 0.6 is 11.6 Å². The summed E-state index contributed by atoms with van der Waals surface area (Å²) in [6.45, 7) is 0.532. The highest BCUT2D eigenvalue weighted by atomic mass is 35.5. The first-order chi connectivity index (χ1) is 15.6. The van der Waals surface area contributed by atoms with E-state index in [0.717, 1.165) is 12.8 Å². The van der Waals surface area contributed by atoms with E-state index < -0.39 is 5.82 Å². The molecule has 0 radical (unpaired) electrons. The molecule has 3 aromatic rings. The molecule has 0 saturated heterocycles. The Morgan fingerprint density at radius 2 is 2.09 bits per heavy atom. The predicted octanol–water partition coefficient (Wildman–Crippen LogP) is 4.60. The van der Waals surface area contributed by atoms with Gasteiger partial charge in [0, 0.05) is 23.2 Å². The van der Waals surface area contributed by atoms with Crippen molar-refractivity contribution in [1.29, 1.82) is 0 Å². The van der Waals surface area contributed by atoms with Crippen LogP contribution < -0.4 is 4.74 Å². The first kappa shape index (κ1) is 20.7. The molecule has 2 aliphatic rings. The number of ether oxygens (including phenoxy) is 2. The van der Waals surface area contributed by atoms with Crippen molar-refractivity contribution >= 4 is 23.6 Å². The quantitative estimate of drug-likeness (QED) is 0.505. The van der Waals surface area contributed by atoms with Crippen LogP contribution in [0, 0.1) is 5.82 Å². The fourth-order valence-corrected chi connectivity index (χ4v) is 3.79. The summed E-state index contributed by atoms with van der Waals surface area (Å²) in [7, 11) is 0. The molecule has 0 unspecified atom stereocenters. The van der Waals surface area contributed by atoms with Gasteiger partial charge in [-0.3, -0.25) is 4.79 Å². The lowest BCUT2D eigenvalue weighted by Crippen LogP contribution is -2.31. The molecule has 1 aromatic heterocycles. The van der Waals surface area contributed by atoms with Crippen LogP contribution in [0.25, 0.3) is 17.5 Å². The van der Waals surface area contributed by atoms with Crippen molar-refractivity contribution < 1.29 is 23.1 Å². The SMILES string of the molecule is O=C(/C=C/c1cc(F)cc2c1OCOC2)N(Cc1nnc(-c2ccccc2Cl)o1)C1CC1. The minimum atomic E-state index is -0.415. The highest BCUT2D eigenvalue weighted by Gasteiger charge is 2.33. The molecule has 1 saturated carbocycles. The maximum absolute atomic E-state index is 14.0. The van der Waals surface area contributed by atoms with Gasteiger partial charge in [-0.15, -0.1) is 10.2 Å². The average molecular weight is 456 g/mol. The highest BCUT2D eigenvalue weighted by Crippen LogP contribution is 2.32. The predicted molar refractivity (Wildman–Crippen MR) is 114 cm³/mol.